The Hall–Kier alpha value is -1.21. The second kappa shape index (κ2) is 6.16. The smallest absolute Gasteiger partial charge is 0.274 e. The second-order valence-electron chi connectivity index (χ2n) is 8.90. The summed E-state index contributed by atoms with van der Waals surface area (Å²) < 4.78 is 26.1. The number of hydrogen-bond acceptors (Lipinski definition) is 5. The summed E-state index contributed by atoms with van der Waals surface area (Å²) in [6.07, 6.45) is 7.06. The highest BCUT2D eigenvalue weighted by atomic mass is 32.2. The zero-order valence-corrected chi connectivity index (χ0v) is 15.7. The summed E-state index contributed by atoms with van der Waals surface area (Å²) >= 11 is 0. The molecule has 9 heteroatoms. The largest absolute Gasteiger partial charge is 0.326 e. The first-order valence-corrected chi connectivity index (χ1v) is 11.0. The van der Waals surface area contributed by atoms with E-state index in [1.807, 2.05) is 0 Å². The molecular formula is C17H27N5O3S. The van der Waals surface area contributed by atoms with Gasteiger partial charge < -0.3 is 10.2 Å². The average molecular weight is 382 g/mol. The minimum Gasteiger partial charge on any atom is -0.326 e. The van der Waals surface area contributed by atoms with Crippen LogP contribution in [0.25, 0.3) is 0 Å². The van der Waals surface area contributed by atoms with Crippen molar-refractivity contribution in [2.75, 3.05) is 13.1 Å². The average Bonchev–Trinajstić information content (AvgIpc) is 2.97. The van der Waals surface area contributed by atoms with Crippen LogP contribution in [0.15, 0.2) is 0 Å². The SMILES string of the molecule is N#C[C@@H]1CCCN1C(=O)CNC12CC3CC(C1)CC(NS(N)(=O)=O)(C3)C2. The lowest BCUT2D eigenvalue weighted by Crippen LogP contribution is -2.70. The van der Waals surface area contributed by atoms with Crippen molar-refractivity contribution in [3.63, 3.8) is 0 Å². The van der Waals surface area contributed by atoms with Crippen molar-refractivity contribution < 1.29 is 13.2 Å². The van der Waals surface area contributed by atoms with Crippen LogP contribution in [-0.4, -0.2) is 49.4 Å². The van der Waals surface area contributed by atoms with E-state index in [0.29, 0.717) is 24.8 Å². The maximum Gasteiger partial charge on any atom is 0.274 e. The lowest BCUT2D eigenvalue weighted by Gasteiger charge is -2.62. The van der Waals surface area contributed by atoms with E-state index in [1.54, 1.807) is 4.90 Å². The molecule has 1 aliphatic heterocycles. The van der Waals surface area contributed by atoms with E-state index in [-0.39, 0.29) is 24.0 Å². The summed E-state index contributed by atoms with van der Waals surface area (Å²) in [6.45, 7) is 0.858. The van der Waals surface area contributed by atoms with Gasteiger partial charge in [-0.25, -0.2) is 5.14 Å². The van der Waals surface area contributed by atoms with Crippen LogP contribution in [0.1, 0.15) is 51.4 Å². The van der Waals surface area contributed by atoms with Crippen molar-refractivity contribution in [1.82, 2.24) is 14.9 Å². The maximum atomic E-state index is 12.6. The summed E-state index contributed by atoms with van der Waals surface area (Å²) in [6, 6.07) is 1.90. The highest BCUT2D eigenvalue weighted by molar-refractivity contribution is 7.87. The van der Waals surface area contributed by atoms with E-state index in [4.69, 9.17) is 5.14 Å². The van der Waals surface area contributed by atoms with Crippen LogP contribution in [0.2, 0.25) is 0 Å². The number of nitriles is 1. The molecule has 0 aromatic heterocycles. The van der Waals surface area contributed by atoms with Crippen molar-refractivity contribution in [1.29, 1.82) is 5.26 Å². The molecule has 3 atom stereocenters. The van der Waals surface area contributed by atoms with Crippen LogP contribution in [0.3, 0.4) is 0 Å². The topological polar surface area (TPSA) is 128 Å². The Kier molecular flexibility index (Phi) is 4.30. The zero-order valence-electron chi connectivity index (χ0n) is 14.9. The van der Waals surface area contributed by atoms with Gasteiger partial charge in [0.05, 0.1) is 12.6 Å². The van der Waals surface area contributed by atoms with Crippen molar-refractivity contribution in [2.45, 2.75) is 68.5 Å². The molecule has 5 aliphatic rings. The number of nitrogens with two attached hydrogens (primary N) is 1. The number of carbonyl (C=O) groups is 1. The first kappa shape index (κ1) is 18.2. The van der Waals surface area contributed by atoms with Crippen molar-refractivity contribution in [2.24, 2.45) is 17.0 Å². The number of likely N-dealkylation sites (tertiary alicyclic amines) is 1. The summed E-state index contributed by atoms with van der Waals surface area (Å²) in [7, 11) is -3.76. The Balaban J connectivity index is 1.46. The van der Waals surface area contributed by atoms with Gasteiger partial charge in [-0.15, -0.1) is 0 Å². The van der Waals surface area contributed by atoms with Gasteiger partial charge in [-0.3, -0.25) is 4.79 Å². The van der Waals surface area contributed by atoms with Crippen molar-refractivity contribution >= 4 is 16.1 Å². The summed E-state index contributed by atoms with van der Waals surface area (Å²) in [5.74, 6) is 0.900. The van der Waals surface area contributed by atoms with Crippen LogP contribution in [0.4, 0.5) is 0 Å². The van der Waals surface area contributed by atoms with Gasteiger partial charge in [-0.1, -0.05) is 0 Å². The second-order valence-corrected chi connectivity index (χ2v) is 10.2. The molecule has 26 heavy (non-hydrogen) atoms. The molecule has 0 aromatic rings. The van der Waals surface area contributed by atoms with Crippen LogP contribution in [0, 0.1) is 23.2 Å². The molecule has 1 saturated heterocycles. The molecule has 0 radical (unpaired) electrons. The molecule has 144 valence electrons. The lowest BCUT2D eigenvalue weighted by atomic mass is 9.50. The first-order chi connectivity index (χ1) is 12.2. The Morgan fingerprint density at radius 1 is 1.23 bits per heavy atom. The summed E-state index contributed by atoms with van der Waals surface area (Å²) in [5.41, 5.74) is -0.685. The molecular weight excluding hydrogens is 354 g/mol. The first-order valence-electron chi connectivity index (χ1n) is 9.47. The molecule has 0 spiro atoms. The van der Waals surface area contributed by atoms with Crippen molar-refractivity contribution in [3.8, 4) is 6.07 Å². The van der Waals surface area contributed by atoms with Gasteiger partial charge in [0.2, 0.25) is 5.91 Å². The predicted molar refractivity (Wildman–Crippen MR) is 94.7 cm³/mol. The quantitative estimate of drug-likeness (QED) is 0.616. The molecule has 1 amide bonds. The number of amides is 1. The molecule has 4 saturated carbocycles. The van der Waals surface area contributed by atoms with Gasteiger partial charge in [-0.05, 0) is 63.2 Å². The number of rotatable bonds is 5. The zero-order chi connectivity index (χ0) is 18.6. The van der Waals surface area contributed by atoms with E-state index in [1.165, 1.54) is 0 Å². The molecule has 8 nitrogen and oxygen atoms in total. The van der Waals surface area contributed by atoms with E-state index >= 15 is 0 Å². The van der Waals surface area contributed by atoms with Gasteiger partial charge in [0.15, 0.2) is 0 Å². The number of nitrogens with one attached hydrogen (secondary N) is 2. The fourth-order valence-electron chi connectivity index (χ4n) is 6.45. The number of carbonyl (C=O) groups excluding carboxylic acids is 1. The Labute approximate surface area is 154 Å². The summed E-state index contributed by atoms with van der Waals surface area (Å²) in [4.78, 5) is 14.3. The predicted octanol–water partition coefficient (Wildman–Crippen LogP) is -0.0249. The van der Waals surface area contributed by atoms with Gasteiger partial charge in [0.25, 0.3) is 10.2 Å². The maximum absolute atomic E-state index is 12.6. The fraction of sp³-hybridized carbons (Fsp3) is 0.882. The summed E-state index contributed by atoms with van der Waals surface area (Å²) in [5, 5.41) is 18.0. The van der Waals surface area contributed by atoms with Gasteiger partial charge in [-0.2, -0.15) is 18.4 Å². The van der Waals surface area contributed by atoms with Gasteiger partial charge >= 0.3 is 0 Å². The van der Waals surface area contributed by atoms with Gasteiger partial charge in [0, 0.05) is 17.6 Å². The minimum atomic E-state index is -3.76. The Bertz CT molecular complexity index is 732. The molecule has 5 fully saturated rings. The van der Waals surface area contributed by atoms with Crippen LogP contribution in [0.5, 0.6) is 0 Å². The van der Waals surface area contributed by atoms with Crippen LogP contribution < -0.4 is 15.2 Å². The number of nitrogens with zero attached hydrogens (tertiary/aromatic N) is 2. The van der Waals surface area contributed by atoms with E-state index in [0.717, 1.165) is 44.9 Å². The van der Waals surface area contributed by atoms with E-state index < -0.39 is 15.7 Å². The Morgan fingerprint density at radius 2 is 1.88 bits per heavy atom. The van der Waals surface area contributed by atoms with Gasteiger partial charge in [0.1, 0.15) is 6.04 Å². The van der Waals surface area contributed by atoms with E-state index in [9.17, 15) is 18.5 Å². The third kappa shape index (κ3) is 3.36. The third-order valence-electron chi connectivity index (χ3n) is 6.76. The molecule has 1 heterocycles. The van der Waals surface area contributed by atoms with Crippen LogP contribution >= 0.6 is 0 Å². The van der Waals surface area contributed by atoms with Crippen molar-refractivity contribution in [3.05, 3.63) is 0 Å². The number of hydrogen-bond donors (Lipinski definition) is 3. The monoisotopic (exact) mass is 381 g/mol. The minimum absolute atomic E-state index is 0.0294. The molecule has 4 N–H and O–H groups in total. The van der Waals surface area contributed by atoms with E-state index in [2.05, 4.69) is 16.1 Å². The molecule has 2 unspecified atom stereocenters. The molecule has 5 rings (SSSR count). The molecule has 0 aromatic carbocycles. The molecule has 4 aliphatic carbocycles. The standard InChI is InChI=1S/C17H27N5O3S/c18-9-14-2-1-3-22(14)15(23)10-20-16-5-12-4-13(6-16)8-17(7-12,11-16)21-26(19,24)25/h12-14,20-21H,1-8,10-11H2,(H2,19,24,25)/t12?,13?,14-,16?,17?/m0/s1. The third-order valence-corrected chi connectivity index (χ3v) is 7.47. The normalized spacial score (nSPS) is 41.4. The molecule has 4 bridgehead atoms. The highest BCUT2D eigenvalue weighted by Gasteiger charge is 2.58. The lowest BCUT2D eigenvalue weighted by molar-refractivity contribution is -0.131. The fourth-order valence-corrected chi connectivity index (χ4v) is 7.30. The van der Waals surface area contributed by atoms with Crippen LogP contribution in [-0.2, 0) is 15.0 Å². The Morgan fingerprint density at radius 3 is 2.50 bits per heavy atom. The highest BCUT2D eigenvalue weighted by Crippen LogP contribution is 2.57.